The van der Waals surface area contributed by atoms with Crippen LogP contribution in [0.25, 0.3) is 11.3 Å². The first-order chi connectivity index (χ1) is 14.6. The molecule has 3 aromatic rings. The Morgan fingerprint density at radius 2 is 1.67 bits per heavy atom. The van der Waals surface area contributed by atoms with Crippen molar-refractivity contribution in [2.45, 2.75) is 66.2 Å². The van der Waals surface area contributed by atoms with Gasteiger partial charge < -0.3 is 10.1 Å². The van der Waals surface area contributed by atoms with Crippen LogP contribution in [-0.4, -0.2) is 16.6 Å². The van der Waals surface area contributed by atoms with Gasteiger partial charge in [0, 0.05) is 28.0 Å². The van der Waals surface area contributed by atoms with E-state index in [4.69, 9.17) is 9.72 Å². The number of aromatic nitrogens is 2. The number of nitrogens with one attached hydrogen (secondary N) is 1. The van der Waals surface area contributed by atoms with E-state index in [1.165, 1.54) is 37.7 Å². The van der Waals surface area contributed by atoms with Gasteiger partial charge >= 0.3 is 0 Å². The van der Waals surface area contributed by atoms with Crippen molar-refractivity contribution in [2.75, 3.05) is 11.9 Å². The van der Waals surface area contributed by atoms with E-state index in [0.717, 1.165) is 52.2 Å². The van der Waals surface area contributed by atoms with Crippen LogP contribution in [0, 0.1) is 20.8 Å². The van der Waals surface area contributed by atoms with Gasteiger partial charge in [0.15, 0.2) is 5.13 Å². The average molecular weight is 424 g/mol. The molecule has 0 atom stereocenters. The van der Waals surface area contributed by atoms with Crippen LogP contribution >= 0.6 is 11.3 Å². The molecule has 0 spiro atoms. The second kappa shape index (κ2) is 11.1. The van der Waals surface area contributed by atoms with Crippen molar-refractivity contribution in [2.24, 2.45) is 0 Å². The van der Waals surface area contributed by atoms with Crippen molar-refractivity contribution in [3.05, 3.63) is 52.7 Å². The van der Waals surface area contributed by atoms with Crippen molar-refractivity contribution < 1.29 is 4.74 Å². The standard InChI is InChI=1S/C25H33N3OS/c1-5-6-7-8-9-10-15-29-22-13-11-21(12-14-22)27-25-28-23(17-30-25)24-18(2)16-19(3)26-20(24)4/h11-14,16-17H,5-10,15H2,1-4H3,(H,27,28). The molecular weight excluding hydrogens is 390 g/mol. The van der Waals surface area contributed by atoms with Crippen LogP contribution in [0.15, 0.2) is 35.7 Å². The van der Waals surface area contributed by atoms with Crippen LogP contribution in [-0.2, 0) is 0 Å². The molecule has 0 aliphatic heterocycles. The molecule has 0 saturated carbocycles. The summed E-state index contributed by atoms with van der Waals surface area (Å²) in [6.45, 7) is 9.23. The number of nitrogens with zero attached hydrogens (tertiary/aromatic N) is 2. The topological polar surface area (TPSA) is 47.0 Å². The summed E-state index contributed by atoms with van der Waals surface area (Å²) in [7, 11) is 0. The third kappa shape index (κ3) is 6.30. The number of benzene rings is 1. The summed E-state index contributed by atoms with van der Waals surface area (Å²) in [6.07, 6.45) is 7.67. The van der Waals surface area contributed by atoms with Crippen LogP contribution in [0.5, 0.6) is 5.75 Å². The molecule has 5 heteroatoms. The molecule has 160 valence electrons. The lowest BCUT2D eigenvalue weighted by Gasteiger charge is -2.08. The second-order valence-corrected chi connectivity index (χ2v) is 8.70. The van der Waals surface area contributed by atoms with Crippen molar-refractivity contribution in [1.82, 2.24) is 9.97 Å². The molecule has 0 unspecified atom stereocenters. The number of rotatable bonds is 11. The van der Waals surface area contributed by atoms with Gasteiger partial charge in [0.25, 0.3) is 0 Å². The number of anilines is 2. The highest BCUT2D eigenvalue weighted by Crippen LogP contribution is 2.31. The molecule has 1 N–H and O–H groups in total. The van der Waals surface area contributed by atoms with Crippen molar-refractivity contribution in [3.8, 4) is 17.0 Å². The average Bonchev–Trinajstić information content (AvgIpc) is 3.15. The summed E-state index contributed by atoms with van der Waals surface area (Å²) in [5, 5.41) is 6.37. The molecule has 0 amide bonds. The van der Waals surface area contributed by atoms with Crippen LogP contribution in [0.4, 0.5) is 10.8 Å². The van der Waals surface area contributed by atoms with E-state index in [-0.39, 0.29) is 0 Å². The van der Waals surface area contributed by atoms with E-state index in [2.05, 4.69) is 35.6 Å². The zero-order chi connectivity index (χ0) is 21.3. The SMILES string of the molecule is CCCCCCCCOc1ccc(Nc2nc(-c3c(C)cc(C)nc3C)cs2)cc1. The zero-order valence-electron chi connectivity index (χ0n) is 18.6. The van der Waals surface area contributed by atoms with Crippen LogP contribution in [0.1, 0.15) is 62.4 Å². The van der Waals surface area contributed by atoms with Gasteiger partial charge in [-0.3, -0.25) is 4.98 Å². The Balaban J connectivity index is 1.52. The van der Waals surface area contributed by atoms with Crippen molar-refractivity contribution in [3.63, 3.8) is 0 Å². The summed E-state index contributed by atoms with van der Waals surface area (Å²) < 4.78 is 5.87. The Bertz CT molecular complexity index is 911. The Kier molecular flexibility index (Phi) is 8.26. The zero-order valence-corrected chi connectivity index (χ0v) is 19.4. The normalized spacial score (nSPS) is 10.9. The van der Waals surface area contributed by atoms with E-state index in [9.17, 15) is 0 Å². The number of hydrogen-bond acceptors (Lipinski definition) is 5. The number of thiazole rings is 1. The molecule has 2 heterocycles. The number of hydrogen-bond donors (Lipinski definition) is 1. The highest BCUT2D eigenvalue weighted by molar-refractivity contribution is 7.14. The molecule has 0 radical (unpaired) electrons. The maximum absolute atomic E-state index is 5.87. The van der Waals surface area contributed by atoms with E-state index in [1.807, 2.05) is 38.1 Å². The third-order valence-electron chi connectivity index (χ3n) is 5.16. The quantitative estimate of drug-likeness (QED) is 0.322. The van der Waals surface area contributed by atoms with Gasteiger partial charge in [-0.1, -0.05) is 39.0 Å². The van der Waals surface area contributed by atoms with E-state index >= 15 is 0 Å². The Labute approximate surface area is 184 Å². The van der Waals surface area contributed by atoms with Gasteiger partial charge in [-0.25, -0.2) is 4.98 Å². The lowest BCUT2D eigenvalue weighted by Crippen LogP contribution is -1.98. The summed E-state index contributed by atoms with van der Waals surface area (Å²) in [5.41, 5.74) is 6.39. The fourth-order valence-electron chi connectivity index (χ4n) is 3.69. The molecule has 30 heavy (non-hydrogen) atoms. The fourth-order valence-corrected chi connectivity index (χ4v) is 4.41. The number of aryl methyl sites for hydroxylation is 3. The summed E-state index contributed by atoms with van der Waals surface area (Å²) in [4.78, 5) is 9.37. The molecular formula is C25H33N3OS. The molecule has 0 aliphatic carbocycles. The lowest BCUT2D eigenvalue weighted by molar-refractivity contribution is 0.304. The fraction of sp³-hybridized carbons (Fsp3) is 0.440. The highest BCUT2D eigenvalue weighted by atomic mass is 32.1. The minimum Gasteiger partial charge on any atom is -0.494 e. The highest BCUT2D eigenvalue weighted by Gasteiger charge is 2.12. The Morgan fingerprint density at radius 3 is 2.40 bits per heavy atom. The Morgan fingerprint density at radius 1 is 0.933 bits per heavy atom. The summed E-state index contributed by atoms with van der Waals surface area (Å²) >= 11 is 1.61. The molecule has 2 aromatic heterocycles. The molecule has 0 aliphatic rings. The first-order valence-corrected chi connectivity index (χ1v) is 11.9. The lowest BCUT2D eigenvalue weighted by atomic mass is 10.0. The van der Waals surface area contributed by atoms with Crippen LogP contribution in [0.2, 0.25) is 0 Å². The number of pyridine rings is 1. The molecule has 4 nitrogen and oxygen atoms in total. The first-order valence-electron chi connectivity index (χ1n) is 11.0. The van der Waals surface area contributed by atoms with Crippen molar-refractivity contribution >= 4 is 22.2 Å². The third-order valence-corrected chi connectivity index (χ3v) is 5.92. The molecule has 3 rings (SSSR count). The number of ether oxygens (including phenoxy) is 1. The van der Waals surface area contributed by atoms with Crippen molar-refractivity contribution in [1.29, 1.82) is 0 Å². The first kappa shape index (κ1) is 22.3. The van der Waals surface area contributed by atoms with Crippen LogP contribution in [0.3, 0.4) is 0 Å². The minimum absolute atomic E-state index is 0.790. The van der Waals surface area contributed by atoms with E-state index < -0.39 is 0 Å². The van der Waals surface area contributed by atoms with Crippen LogP contribution < -0.4 is 10.1 Å². The molecule has 0 saturated heterocycles. The molecule has 0 bridgehead atoms. The Hall–Kier alpha value is -2.40. The predicted molar refractivity (Wildman–Crippen MR) is 128 cm³/mol. The predicted octanol–water partition coefficient (Wildman–Crippen LogP) is 7.61. The summed E-state index contributed by atoms with van der Waals surface area (Å²) in [6, 6.07) is 10.2. The molecule has 1 aromatic carbocycles. The van der Waals surface area contributed by atoms with Gasteiger partial charge in [0.05, 0.1) is 12.3 Å². The molecule has 0 fully saturated rings. The number of unbranched alkanes of at least 4 members (excludes halogenated alkanes) is 5. The maximum Gasteiger partial charge on any atom is 0.187 e. The van der Waals surface area contributed by atoms with Gasteiger partial charge in [-0.15, -0.1) is 11.3 Å². The van der Waals surface area contributed by atoms with Gasteiger partial charge in [0.2, 0.25) is 0 Å². The van der Waals surface area contributed by atoms with E-state index in [0.29, 0.717) is 0 Å². The van der Waals surface area contributed by atoms with E-state index in [1.54, 1.807) is 11.3 Å². The largest absolute Gasteiger partial charge is 0.494 e. The maximum atomic E-state index is 5.87. The monoisotopic (exact) mass is 423 g/mol. The summed E-state index contributed by atoms with van der Waals surface area (Å²) in [5.74, 6) is 0.922. The second-order valence-electron chi connectivity index (χ2n) is 7.84. The minimum atomic E-state index is 0.790. The van der Waals surface area contributed by atoms with Gasteiger partial charge in [-0.05, 0) is 63.1 Å². The van der Waals surface area contributed by atoms with Gasteiger partial charge in [0.1, 0.15) is 5.75 Å². The smallest absolute Gasteiger partial charge is 0.187 e. The van der Waals surface area contributed by atoms with Gasteiger partial charge in [-0.2, -0.15) is 0 Å².